The maximum absolute atomic E-state index is 12.7. The van der Waals surface area contributed by atoms with Gasteiger partial charge in [-0.1, -0.05) is 0 Å². The summed E-state index contributed by atoms with van der Waals surface area (Å²) in [5.41, 5.74) is -2.09. The third-order valence-electron chi connectivity index (χ3n) is 1.97. The fourth-order valence-electron chi connectivity index (χ4n) is 1.32. The molecule has 17 heavy (non-hydrogen) atoms. The number of aldehydes is 1. The summed E-state index contributed by atoms with van der Waals surface area (Å²) in [7, 11) is 0. The van der Waals surface area contributed by atoms with Gasteiger partial charge in [0.25, 0.3) is 0 Å². The van der Waals surface area contributed by atoms with Crippen LogP contribution in [-0.2, 0) is 6.18 Å². The van der Waals surface area contributed by atoms with Crippen molar-refractivity contribution < 1.29 is 22.8 Å². The molecule has 0 aliphatic carbocycles. The lowest BCUT2D eigenvalue weighted by Gasteiger charge is -2.13. The van der Waals surface area contributed by atoms with E-state index < -0.39 is 29.0 Å². The Morgan fingerprint density at radius 3 is 2.41 bits per heavy atom. The van der Waals surface area contributed by atoms with E-state index in [2.05, 4.69) is 0 Å². The molecule has 0 atom stereocenters. The van der Waals surface area contributed by atoms with Crippen molar-refractivity contribution in [2.24, 2.45) is 0 Å². The van der Waals surface area contributed by atoms with Crippen LogP contribution in [0.5, 0.6) is 0 Å². The van der Waals surface area contributed by atoms with Crippen molar-refractivity contribution in [2.75, 3.05) is 5.88 Å². The average molecular weight is 376 g/mol. The lowest BCUT2D eigenvalue weighted by atomic mass is 9.98. The Labute approximate surface area is 113 Å². The third kappa shape index (κ3) is 3.19. The van der Waals surface area contributed by atoms with Crippen molar-refractivity contribution in [3.8, 4) is 0 Å². The third-order valence-corrected chi connectivity index (χ3v) is 2.83. The molecule has 0 unspecified atom stereocenters. The van der Waals surface area contributed by atoms with Gasteiger partial charge in [0.15, 0.2) is 12.1 Å². The van der Waals surface area contributed by atoms with Crippen LogP contribution in [0, 0.1) is 3.57 Å². The highest BCUT2D eigenvalue weighted by atomic mass is 127. The molecule has 92 valence electrons. The molecule has 0 aromatic heterocycles. The Morgan fingerprint density at radius 2 is 2.00 bits per heavy atom. The van der Waals surface area contributed by atoms with Crippen molar-refractivity contribution in [3.05, 3.63) is 32.4 Å². The summed E-state index contributed by atoms with van der Waals surface area (Å²) in [6.07, 6.45) is -4.48. The van der Waals surface area contributed by atoms with Crippen LogP contribution in [0.4, 0.5) is 13.2 Å². The molecule has 0 radical (unpaired) electrons. The first-order chi connectivity index (χ1) is 7.81. The zero-order valence-corrected chi connectivity index (χ0v) is 11.1. The standard InChI is InChI=1S/C10H5ClF3IO2/c11-3-8(17)9-5(4-16)1-6(15)2-7(9)10(12,13)14/h1-2,4H,3H2. The lowest BCUT2D eigenvalue weighted by Crippen LogP contribution is -2.17. The molecule has 1 aromatic carbocycles. The molecule has 0 heterocycles. The molecule has 0 fully saturated rings. The van der Waals surface area contributed by atoms with Crippen LogP contribution in [0.3, 0.4) is 0 Å². The van der Waals surface area contributed by atoms with Gasteiger partial charge in [0, 0.05) is 14.7 Å². The van der Waals surface area contributed by atoms with Crippen LogP contribution in [0.25, 0.3) is 0 Å². The topological polar surface area (TPSA) is 34.1 Å². The van der Waals surface area contributed by atoms with Crippen molar-refractivity contribution in [1.29, 1.82) is 0 Å². The van der Waals surface area contributed by atoms with E-state index in [0.717, 1.165) is 6.07 Å². The van der Waals surface area contributed by atoms with Crippen molar-refractivity contribution >= 4 is 46.3 Å². The van der Waals surface area contributed by atoms with E-state index in [1.54, 1.807) is 22.6 Å². The Hall–Kier alpha value is -0.630. The highest BCUT2D eigenvalue weighted by molar-refractivity contribution is 14.1. The summed E-state index contributed by atoms with van der Waals surface area (Å²) in [5.74, 6) is -1.53. The summed E-state index contributed by atoms with van der Waals surface area (Å²) in [5, 5.41) is 0. The minimum Gasteiger partial charge on any atom is -0.298 e. The number of ketones is 1. The van der Waals surface area contributed by atoms with E-state index in [-0.39, 0.29) is 15.4 Å². The summed E-state index contributed by atoms with van der Waals surface area (Å²) in [6, 6.07) is 2.02. The van der Waals surface area contributed by atoms with Crippen molar-refractivity contribution in [1.82, 2.24) is 0 Å². The summed E-state index contributed by atoms with van der Waals surface area (Å²) >= 11 is 6.89. The molecular formula is C10H5ClF3IO2. The van der Waals surface area contributed by atoms with Gasteiger partial charge in [0.1, 0.15) is 0 Å². The molecule has 2 nitrogen and oxygen atoms in total. The fourth-order valence-corrected chi connectivity index (χ4v) is 2.10. The highest BCUT2D eigenvalue weighted by Gasteiger charge is 2.36. The van der Waals surface area contributed by atoms with Crippen LogP contribution in [0.2, 0.25) is 0 Å². The second kappa shape index (κ2) is 5.34. The largest absolute Gasteiger partial charge is 0.417 e. The maximum Gasteiger partial charge on any atom is 0.417 e. The molecule has 1 rings (SSSR count). The Morgan fingerprint density at radius 1 is 1.41 bits per heavy atom. The highest BCUT2D eigenvalue weighted by Crippen LogP contribution is 2.34. The smallest absolute Gasteiger partial charge is 0.298 e. The molecule has 1 aromatic rings. The lowest BCUT2D eigenvalue weighted by molar-refractivity contribution is -0.138. The maximum atomic E-state index is 12.7. The van der Waals surface area contributed by atoms with Gasteiger partial charge < -0.3 is 0 Å². The molecule has 0 aliphatic rings. The van der Waals surface area contributed by atoms with Gasteiger partial charge in [-0.2, -0.15) is 13.2 Å². The zero-order valence-electron chi connectivity index (χ0n) is 8.15. The van der Waals surface area contributed by atoms with Gasteiger partial charge in [-0.15, -0.1) is 11.6 Å². The molecule has 0 N–H and O–H groups in total. The minimum atomic E-state index is -4.70. The SMILES string of the molecule is O=Cc1cc(I)cc(C(F)(F)F)c1C(=O)CCl. The Balaban J connectivity index is 3.61. The molecule has 0 saturated carbocycles. The van der Waals surface area contributed by atoms with Gasteiger partial charge in [-0.3, -0.25) is 9.59 Å². The number of carbonyl (C=O) groups excluding carboxylic acids is 2. The number of Topliss-reactive ketones (excluding diaryl/α,β-unsaturated/α-hetero) is 1. The molecule has 0 amide bonds. The average Bonchev–Trinajstić information content (AvgIpc) is 2.25. The second-order valence-electron chi connectivity index (χ2n) is 3.09. The first-order valence-corrected chi connectivity index (χ1v) is 5.87. The van der Waals surface area contributed by atoms with Crippen molar-refractivity contribution in [2.45, 2.75) is 6.18 Å². The first kappa shape index (κ1) is 14.4. The number of hydrogen-bond donors (Lipinski definition) is 0. The van der Waals surface area contributed by atoms with Crippen LogP contribution < -0.4 is 0 Å². The summed E-state index contributed by atoms with van der Waals surface area (Å²) in [4.78, 5) is 22.1. The Bertz CT molecular complexity index is 471. The number of alkyl halides is 4. The number of carbonyl (C=O) groups is 2. The zero-order chi connectivity index (χ0) is 13.2. The van der Waals surface area contributed by atoms with E-state index >= 15 is 0 Å². The predicted molar refractivity (Wildman–Crippen MR) is 64.6 cm³/mol. The van der Waals surface area contributed by atoms with E-state index in [1.165, 1.54) is 6.07 Å². The fraction of sp³-hybridized carbons (Fsp3) is 0.200. The molecule has 0 saturated heterocycles. The van der Waals surface area contributed by atoms with Gasteiger partial charge in [0.2, 0.25) is 0 Å². The van der Waals surface area contributed by atoms with Crippen LogP contribution in [0.15, 0.2) is 12.1 Å². The van der Waals surface area contributed by atoms with Gasteiger partial charge in [-0.25, -0.2) is 0 Å². The molecule has 0 aliphatic heterocycles. The monoisotopic (exact) mass is 376 g/mol. The van der Waals surface area contributed by atoms with Gasteiger partial charge >= 0.3 is 6.18 Å². The Kier molecular flexibility index (Phi) is 4.54. The number of benzene rings is 1. The number of halogens is 5. The van der Waals surface area contributed by atoms with Crippen LogP contribution >= 0.6 is 34.2 Å². The molecule has 0 bridgehead atoms. The van der Waals surface area contributed by atoms with E-state index in [1.807, 2.05) is 0 Å². The van der Waals surface area contributed by atoms with E-state index in [9.17, 15) is 22.8 Å². The predicted octanol–water partition coefficient (Wildman–Crippen LogP) is 3.54. The van der Waals surface area contributed by atoms with Crippen LogP contribution in [-0.4, -0.2) is 17.9 Å². The van der Waals surface area contributed by atoms with Gasteiger partial charge in [0.05, 0.1) is 11.4 Å². The van der Waals surface area contributed by atoms with Crippen molar-refractivity contribution in [3.63, 3.8) is 0 Å². The summed E-state index contributed by atoms with van der Waals surface area (Å²) in [6.45, 7) is 0. The summed E-state index contributed by atoms with van der Waals surface area (Å²) < 4.78 is 38.4. The minimum absolute atomic E-state index is 0.219. The quantitative estimate of drug-likeness (QED) is 0.350. The second-order valence-corrected chi connectivity index (χ2v) is 4.60. The van der Waals surface area contributed by atoms with Gasteiger partial charge in [-0.05, 0) is 34.7 Å². The first-order valence-electron chi connectivity index (χ1n) is 4.26. The normalized spacial score (nSPS) is 11.4. The van der Waals surface area contributed by atoms with E-state index in [4.69, 9.17) is 11.6 Å². The molecule has 7 heteroatoms. The number of rotatable bonds is 3. The molecular weight excluding hydrogens is 371 g/mol. The number of hydrogen-bond acceptors (Lipinski definition) is 2. The molecule has 0 spiro atoms. The van der Waals surface area contributed by atoms with E-state index in [0.29, 0.717) is 0 Å². The van der Waals surface area contributed by atoms with Crippen LogP contribution in [0.1, 0.15) is 26.3 Å².